The molecule has 2 aliphatic heterocycles. The summed E-state index contributed by atoms with van der Waals surface area (Å²) in [5, 5.41) is 111. The minimum Gasteiger partial charge on any atom is -0.394 e. The molecule has 37 heavy (non-hydrogen) atoms. The van der Waals surface area contributed by atoms with Crippen LogP contribution in [0, 0.1) is 0 Å². The summed E-state index contributed by atoms with van der Waals surface area (Å²) in [6, 6.07) is -1.32. The maximum atomic E-state index is 11.5. The van der Waals surface area contributed by atoms with Gasteiger partial charge in [-0.2, -0.15) is 0 Å². The monoisotopic (exact) mass is 547 g/mol. The van der Waals surface area contributed by atoms with Crippen molar-refractivity contribution in [2.24, 2.45) is 0 Å². The second-order valence-corrected chi connectivity index (χ2v) is 8.87. The molecule has 17 nitrogen and oxygen atoms in total. The Morgan fingerprint density at radius 3 is 1.92 bits per heavy atom. The highest BCUT2D eigenvalue weighted by Crippen LogP contribution is 2.27. The predicted molar refractivity (Wildman–Crippen MR) is 115 cm³/mol. The van der Waals surface area contributed by atoms with Gasteiger partial charge in [-0.1, -0.05) is 0 Å². The number of aliphatic hydroxyl groups excluding tert-OH is 11. The Hall–Kier alpha value is -1.13. The van der Waals surface area contributed by atoms with E-state index in [1.54, 1.807) is 0 Å². The van der Waals surface area contributed by atoms with Crippen molar-refractivity contribution in [3.8, 4) is 0 Å². The van der Waals surface area contributed by atoms with Crippen molar-refractivity contribution in [1.82, 2.24) is 5.32 Å². The number of carbonyl (C=O) groups excluding carboxylic acids is 1. The third-order valence-corrected chi connectivity index (χ3v) is 6.12. The molecule has 12 N–H and O–H groups in total. The summed E-state index contributed by atoms with van der Waals surface area (Å²) in [5.41, 5.74) is 0. The molecule has 0 aliphatic carbocycles. The van der Waals surface area contributed by atoms with Gasteiger partial charge in [-0.25, -0.2) is 0 Å². The molecule has 0 aromatic heterocycles. The van der Waals surface area contributed by atoms with Crippen LogP contribution < -0.4 is 5.32 Å². The molecule has 2 aliphatic rings. The van der Waals surface area contributed by atoms with Crippen molar-refractivity contribution >= 4 is 5.91 Å². The molecule has 0 aromatic rings. The van der Waals surface area contributed by atoms with Crippen LogP contribution in [0.15, 0.2) is 0 Å². The highest BCUT2D eigenvalue weighted by atomic mass is 16.7. The van der Waals surface area contributed by atoms with Crippen LogP contribution >= 0.6 is 0 Å². The van der Waals surface area contributed by atoms with E-state index in [2.05, 4.69) is 5.32 Å². The first kappa shape index (κ1) is 32.1. The van der Waals surface area contributed by atoms with Gasteiger partial charge in [0.1, 0.15) is 73.2 Å². The fourth-order valence-corrected chi connectivity index (χ4v) is 3.95. The zero-order chi connectivity index (χ0) is 28.0. The van der Waals surface area contributed by atoms with Gasteiger partial charge in [-0.3, -0.25) is 4.79 Å². The van der Waals surface area contributed by atoms with Crippen LogP contribution in [-0.4, -0.2) is 174 Å². The Morgan fingerprint density at radius 2 is 1.38 bits per heavy atom. The second kappa shape index (κ2) is 14.3. The Kier molecular flexibility index (Phi) is 12.4. The Labute approximate surface area is 211 Å². The Bertz CT molecular complexity index is 703. The van der Waals surface area contributed by atoms with E-state index >= 15 is 0 Å². The molecule has 1 unspecified atom stereocenters. The molecular formula is C20H37NO16. The summed E-state index contributed by atoms with van der Waals surface area (Å²) in [6.07, 6.45) is -22.5. The molecule has 0 aromatic carbocycles. The predicted octanol–water partition coefficient (Wildman–Crippen LogP) is -7.79. The van der Waals surface area contributed by atoms with Gasteiger partial charge in [0, 0.05) is 6.92 Å². The average Bonchev–Trinajstić information content (AvgIpc) is 2.88. The molecule has 2 saturated heterocycles. The van der Waals surface area contributed by atoms with Gasteiger partial charge in [0.25, 0.3) is 0 Å². The van der Waals surface area contributed by atoms with Gasteiger partial charge in [-0.05, 0) is 0 Å². The minimum atomic E-state index is -1.97. The molecule has 0 radical (unpaired) electrons. The molecular weight excluding hydrogens is 510 g/mol. The van der Waals surface area contributed by atoms with Crippen LogP contribution in [-0.2, 0) is 23.7 Å². The summed E-state index contributed by atoms with van der Waals surface area (Å²) < 4.78 is 21.6. The number of nitrogens with one attached hydrogen (secondary N) is 1. The van der Waals surface area contributed by atoms with Crippen LogP contribution in [0.1, 0.15) is 6.92 Å². The normalized spacial score (nSPS) is 40.0. The first-order chi connectivity index (χ1) is 17.4. The molecule has 2 rings (SSSR count). The minimum absolute atomic E-state index is 0.617. The number of hydrogen-bond acceptors (Lipinski definition) is 16. The van der Waals surface area contributed by atoms with E-state index in [4.69, 9.17) is 24.1 Å². The molecule has 2 fully saturated rings. The molecule has 218 valence electrons. The van der Waals surface area contributed by atoms with E-state index in [-0.39, 0.29) is 0 Å². The number of hydrogen-bond donors (Lipinski definition) is 12. The maximum absolute atomic E-state index is 11.5. The van der Waals surface area contributed by atoms with E-state index in [0.29, 0.717) is 0 Å². The van der Waals surface area contributed by atoms with Gasteiger partial charge in [0.15, 0.2) is 12.6 Å². The molecule has 14 atom stereocenters. The van der Waals surface area contributed by atoms with Crippen molar-refractivity contribution < 1.29 is 79.9 Å². The number of rotatable bonds is 12. The Balaban J connectivity index is 2.17. The summed E-state index contributed by atoms with van der Waals surface area (Å²) in [6.45, 7) is -2.14. The first-order valence-electron chi connectivity index (χ1n) is 11.5. The molecule has 0 spiro atoms. The third kappa shape index (κ3) is 7.72. The van der Waals surface area contributed by atoms with Crippen LogP contribution in [0.25, 0.3) is 0 Å². The van der Waals surface area contributed by atoms with E-state index in [1.165, 1.54) is 0 Å². The van der Waals surface area contributed by atoms with Gasteiger partial charge in [0.2, 0.25) is 5.91 Å². The SMILES string of the molecule is CC(=O)N[C@H]1C(OC[C@H]2O[C@@H](O[C@@H]([C@H](O)[C@@H](O)CO)[C@H](O)CO)[C@H](O)[C@@H](O)[C@H]2O)O[C@H](CO)[C@H](O)[C@@H]1O. The van der Waals surface area contributed by atoms with Crippen molar-refractivity contribution in [3.63, 3.8) is 0 Å². The van der Waals surface area contributed by atoms with Crippen LogP contribution in [0.4, 0.5) is 0 Å². The first-order valence-corrected chi connectivity index (χ1v) is 11.5. The highest BCUT2D eigenvalue weighted by molar-refractivity contribution is 5.73. The van der Waals surface area contributed by atoms with Gasteiger partial charge < -0.3 is 80.4 Å². The molecule has 0 saturated carbocycles. The van der Waals surface area contributed by atoms with Gasteiger partial charge in [0.05, 0.1) is 26.4 Å². The third-order valence-electron chi connectivity index (χ3n) is 6.12. The van der Waals surface area contributed by atoms with E-state index in [9.17, 15) is 55.9 Å². The zero-order valence-corrected chi connectivity index (χ0v) is 19.9. The molecule has 1 amide bonds. The number of carbonyl (C=O) groups is 1. The second-order valence-electron chi connectivity index (χ2n) is 8.87. The summed E-state index contributed by atoms with van der Waals surface area (Å²) in [5.74, 6) is -0.617. The van der Waals surface area contributed by atoms with Crippen LogP contribution in [0.5, 0.6) is 0 Å². The standard InChI is InChI=1S/C20H37NO16/c1-6(25)21-11-15(31)13(29)9(4-24)35-19(11)34-5-10-14(30)16(32)17(33)20(36-10)37-18(8(27)3-23)12(28)7(26)2-22/h7-20,22-24,26-33H,2-5H2,1H3,(H,21,25)/t7-,8+,9+,10+,11+,12+,13-,14-,15+,16-,17+,18+,19?,20-/m0/s1. The molecule has 17 heteroatoms. The van der Waals surface area contributed by atoms with Crippen molar-refractivity contribution in [2.45, 2.75) is 92.7 Å². The van der Waals surface area contributed by atoms with E-state index in [1.807, 2.05) is 0 Å². The lowest BCUT2D eigenvalue weighted by Gasteiger charge is -2.44. The lowest BCUT2D eigenvalue weighted by atomic mass is 9.96. The summed E-state index contributed by atoms with van der Waals surface area (Å²) >= 11 is 0. The van der Waals surface area contributed by atoms with Crippen molar-refractivity contribution in [3.05, 3.63) is 0 Å². The number of aliphatic hydroxyl groups is 11. The largest absolute Gasteiger partial charge is 0.394 e. The fraction of sp³-hybridized carbons (Fsp3) is 0.950. The van der Waals surface area contributed by atoms with Crippen LogP contribution in [0.3, 0.4) is 0 Å². The zero-order valence-electron chi connectivity index (χ0n) is 19.9. The van der Waals surface area contributed by atoms with Gasteiger partial charge >= 0.3 is 0 Å². The Morgan fingerprint density at radius 1 is 0.811 bits per heavy atom. The van der Waals surface area contributed by atoms with Crippen LogP contribution in [0.2, 0.25) is 0 Å². The highest BCUT2D eigenvalue weighted by Gasteiger charge is 2.49. The summed E-state index contributed by atoms with van der Waals surface area (Å²) in [7, 11) is 0. The van der Waals surface area contributed by atoms with Crippen molar-refractivity contribution in [1.29, 1.82) is 0 Å². The maximum Gasteiger partial charge on any atom is 0.217 e. The summed E-state index contributed by atoms with van der Waals surface area (Å²) in [4.78, 5) is 11.5. The number of amides is 1. The average molecular weight is 548 g/mol. The van der Waals surface area contributed by atoms with E-state index < -0.39 is 118 Å². The fourth-order valence-electron chi connectivity index (χ4n) is 3.95. The lowest BCUT2D eigenvalue weighted by molar-refractivity contribution is -0.338. The van der Waals surface area contributed by atoms with E-state index in [0.717, 1.165) is 6.92 Å². The topological polar surface area (TPSA) is 289 Å². The lowest BCUT2D eigenvalue weighted by Crippen LogP contribution is -2.65. The molecule has 2 heterocycles. The smallest absolute Gasteiger partial charge is 0.217 e. The van der Waals surface area contributed by atoms with Gasteiger partial charge in [-0.15, -0.1) is 0 Å². The quantitative estimate of drug-likeness (QED) is 0.108. The van der Waals surface area contributed by atoms with Crippen molar-refractivity contribution in [2.75, 3.05) is 26.4 Å². The number of ether oxygens (including phenoxy) is 4. The molecule has 0 bridgehead atoms.